The molecule has 0 aromatic heterocycles. The second-order valence-electron chi connectivity index (χ2n) is 4.83. The molecule has 14 heavy (non-hydrogen) atoms. The molecule has 0 saturated carbocycles. The molecule has 0 aliphatic carbocycles. The highest BCUT2D eigenvalue weighted by molar-refractivity contribution is 4.54. The Labute approximate surface area is 90.7 Å². The fraction of sp³-hybridized carbons (Fsp3) is 1.00. The third-order valence-corrected chi connectivity index (χ3v) is 2.87. The van der Waals surface area contributed by atoms with Gasteiger partial charge in [0.05, 0.1) is 0 Å². The topological polar surface area (TPSA) is 12.0 Å². The van der Waals surface area contributed by atoms with E-state index in [0.29, 0.717) is 6.04 Å². The van der Waals surface area contributed by atoms with Crippen LogP contribution in [0.5, 0.6) is 0 Å². The molecule has 0 amide bonds. The van der Waals surface area contributed by atoms with Crippen molar-refractivity contribution in [1.82, 2.24) is 5.32 Å². The molecule has 0 bridgehead atoms. The smallest absolute Gasteiger partial charge is 0.00103 e. The van der Waals surface area contributed by atoms with Crippen molar-refractivity contribution in [2.45, 2.75) is 72.3 Å². The summed E-state index contributed by atoms with van der Waals surface area (Å²) >= 11 is 0. The summed E-state index contributed by atoms with van der Waals surface area (Å²) in [4.78, 5) is 0. The van der Waals surface area contributed by atoms with Gasteiger partial charge in [0.25, 0.3) is 0 Å². The predicted octanol–water partition coefficient (Wildman–Crippen LogP) is 3.98. The Morgan fingerprint density at radius 1 is 0.929 bits per heavy atom. The maximum atomic E-state index is 3.46. The first kappa shape index (κ1) is 14.0. The molecule has 1 N–H and O–H groups in total. The zero-order valence-corrected chi connectivity index (χ0v) is 10.6. The van der Waals surface area contributed by atoms with Crippen molar-refractivity contribution in [3.05, 3.63) is 0 Å². The molecule has 1 unspecified atom stereocenters. The quantitative estimate of drug-likeness (QED) is 0.554. The Balaban J connectivity index is 2.99. The average Bonchev–Trinajstić information content (AvgIpc) is 2.15. The molecule has 0 spiro atoms. The van der Waals surface area contributed by atoms with E-state index >= 15 is 0 Å². The van der Waals surface area contributed by atoms with Gasteiger partial charge in [0.15, 0.2) is 0 Å². The van der Waals surface area contributed by atoms with E-state index in [0.717, 1.165) is 5.92 Å². The van der Waals surface area contributed by atoms with E-state index in [1.165, 1.54) is 45.1 Å². The van der Waals surface area contributed by atoms with E-state index in [9.17, 15) is 0 Å². The first-order chi connectivity index (χ1) is 6.66. The van der Waals surface area contributed by atoms with Crippen LogP contribution in [0.15, 0.2) is 0 Å². The van der Waals surface area contributed by atoms with E-state index in [2.05, 4.69) is 33.0 Å². The van der Waals surface area contributed by atoms with Crippen LogP contribution in [0, 0.1) is 5.92 Å². The van der Waals surface area contributed by atoms with Gasteiger partial charge < -0.3 is 5.32 Å². The fourth-order valence-electron chi connectivity index (χ4n) is 1.57. The third-order valence-electron chi connectivity index (χ3n) is 2.87. The molecule has 0 heterocycles. The molecule has 0 rings (SSSR count). The molecule has 0 aromatic rings. The normalized spacial score (nSPS) is 13.5. The lowest BCUT2D eigenvalue weighted by molar-refractivity contribution is 0.468. The van der Waals surface area contributed by atoms with Crippen LogP contribution in [0.4, 0.5) is 0 Å². The lowest BCUT2D eigenvalue weighted by atomic mass is 10.0. The highest BCUT2D eigenvalue weighted by Gasteiger charge is 1.98. The van der Waals surface area contributed by atoms with Crippen LogP contribution in [0.25, 0.3) is 0 Å². The molecule has 1 nitrogen and oxygen atoms in total. The summed E-state index contributed by atoms with van der Waals surface area (Å²) in [6, 6.07) is 0.648. The summed E-state index contributed by atoms with van der Waals surface area (Å²) in [5.41, 5.74) is 0. The Morgan fingerprint density at radius 3 is 2.14 bits per heavy atom. The largest absolute Gasteiger partial charge is 0.315 e. The highest BCUT2D eigenvalue weighted by Crippen LogP contribution is 2.12. The number of hydrogen-bond acceptors (Lipinski definition) is 1. The monoisotopic (exact) mass is 199 g/mol. The van der Waals surface area contributed by atoms with E-state index in [1.807, 2.05) is 0 Å². The molecule has 0 radical (unpaired) electrons. The lowest BCUT2D eigenvalue weighted by Crippen LogP contribution is -2.23. The standard InChI is InChI=1S/C13H29N/c1-5-13(4)10-8-6-7-9-11-14-12(2)3/h12-14H,5-11H2,1-4H3. The van der Waals surface area contributed by atoms with E-state index in [4.69, 9.17) is 0 Å². The Kier molecular flexibility index (Phi) is 9.49. The summed E-state index contributed by atoms with van der Waals surface area (Å²) < 4.78 is 0. The van der Waals surface area contributed by atoms with E-state index < -0.39 is 0 Å². The third kappa shape index (κ3) is 10.0. The molecule has 0 aliphatic heterocycles. The van der Waals surface area contributed by atoms with Gasteiger partial charge in [-0.3, -0.25) is 0 Å². The zero-order valence-electron chi connectivity index (χ0n) is 10.6. The molecule has 0 aromatic carbocycles. The summed E-state index contributed by atoms with van der Waals surface area (Å²) in [5, 5.41) is 3.46. The molecular weight excluding hydrogens is 170 g/mol. The van der Waals surface area contributed by atoms with Crippen molar-refractivity contribution in [3.63, 3.8) is 0 Å². The molecule has 0 aliphatic rings. The number of hydrogen-bond donors (Lipinski definition) is 1. The summed E-state index contributed by atoms with van der Waals surface area (Å²) in [6.45, 7) is 10.3. The molecule has 0 saturated heterocycles. The number of nitrogens with one attached hydrogen (secondary N) is 1. The van der Waals surface area contributed by atoms with Crippen molar-refractivity contribution < 1.29 is 0 Å². The minimum absolute atomic E-state index is 0.648. The van der Waals surface area contributed by atoms with Gasteiger partial charge in [0.2, 0.25) is 0 Å². The van der Waals surface area contributed by atoms with Crippen molar-refractivity contribution in [1.29, 1.82) is 0 Å². The van der Waals surface area contributed by atoms with Crippen molar-refractivity contribution in [2.75, 3.05) is 6.54 Å². The Hall–Kier alpha value is -0.0400. The molecule has 1 atom stereocenters. The second-order valence-corrected chi connectivity index (χ2v) is 4.83. The van der Waals surface area contributed by atoms with Crippen LogP contribution >= 0.6 is 0 Å². The highest BCUT2D eigenvalue weighted by atomic mass is 14.9. The van der Waals surface area contributed by atoms with Gasteiger partial charge >= 0.3 is 0 Å². The molecular formula is C13H29N. The first-order valence-electron chi connectivity index (χ1n) is 6.40. The minimum atomic E-state index is 0.648. The summed E-state index contributed by atoms with van der Waals surface area (Å²) in [6.07, 6.45) is 8.36. The zero-order chi connectivity index (χ0) is 10.8. The number of rotatable bonds is 9. The van der Waals surface area contributed by atoms with Crippen LogP contribution in [0.1, 0.15) is 66.2 Å². The second kappa shape index (κ2) is 9.51. The van der Waals surface area contributed by atoms with Crippen LogP contribution in [-0.2, 0) is 0 Å². The van der Waals surface area contributed by atoms with Gasteiger partial charge in [-0.25, -0.2) is 0 Å². The van der Waals surface area contributed by atoms with Crippen molar-refractivity contribution in [3.8, 4) is 0 Å². The predicted molar refractivity (Wildman–Crippen MR) is 65.7 cm³/mol. The van der Waals surface area contributed by atoms with Gasteiger partial charge in [-0.05, 0) is 18.9 Å². The fourth-order valence-corrected chi connectivity index (χ4v) is 1.57. The van der Waals surface area contributed by atoms with Crippen LogP contribution in [-0.4, -0.2) is 12.6 Å². The van der Waals surface area contributed by atoms with Crippen LogP contribution in [0.3, 0.4) is 0 Å². The van der Waals surface area contributed by atoms with Gasteiger partial charge in [-0.2, -0.15) is 0 Å². The van der Waals surface area contributed by atoms with Crippen molar-refractivity contribution >= 4 is 0 Å². The SMILES string of the molecule is CCC(C)CCCCCCNC(C)C. The molecule has 0 fully saturated rings. The van der Waals surface area contributed by atoms with Crippen LogP contribution in [0.2, 0.25) is 0 Å². The maximum Gasteiger partial charge on any atom is 0.00103 e. The van der Waals surface area contributed by atoms with Gasteiger partial charge in [0.1, 0.15) is 0 Å². The maximum absolute atomic E-state index is 3.46. The molecule has 86 valence electrons. The van der Waals surface area contributed by atoms with Gasteiger partial charge in [-0.1, -0.05) is 59.8 Å². The number of unbranched alkanes of at least 4 members (excludes halogenated alkanes) is 3. The van der Waals surface area contributed by atoms with Gasteiger partial charge in [-0.15, -0.1) is 0 Å². The van der Waals surface area contributed by atoms with Gasteiger partial charge in [0, 0.05) is 6.04 Å². The Morgan fingerprint density at radius 2 is 1.57 bits per heavy atom. The van der Waals surface area contributed by atoms with E-state index in [1.54, 1.807) is 0 Å². The average molecular weight is 199 g/mol. The summed E-state index contributed by atoms with van der Waals surface area (Å²) in [7, 11) is 0. The van der Waals surface area contributed by atoms with E-state index in [-0.39, 0.29) is 0 Å². The van der Waals surface area contributed by atoms with Crippen LogP contribution < -0.4 is 5.32 Å². The lowest BCUT2D eigenvalue weighted by Gasteiger charge is -2.09. The summed E-state index contributed by atoms with van der Waals surface area (Å²) in [5.74, 6) is 0.934. The molecule has 1 heteroatoms. The first-order valence-corrected chi connectivity index (χ1v) is 6.40. The Bertz CT molecular complexity index is 110. The minimum Gasteiger partial charge on any atom is -0.315 e. The van der Waals surface area contributed by atoms with Crippen molar-refractivity contribution in [2.24, 2.45) is 5.92 Å².